The quantitative estimate of drug-likeness (QED) is 0.686. The average molecular weight is 293 g/mol. The van der Waals surface area contributed by atoms with E-state index in [2.05, 4.69) is 12.2 Å². The number of ether oxygens (including phenoxy) is 1. The van der Waals surface area contributed by atoms with Gasteiger partial charge in [-0.2, -0.15) is 0 Å². The van der Waals surface area contributed by atoms with Crippen molar-refractivity contribution in [3.8, 4) is 5.75 Å². The number of hydrogen-bond donors (Lipinski definition) is 1. The van der Waals surface area contributed by atoms with Crippen molar-refractivity contribution in [2.24, 2.45) is 5.92 Å². The van der Waals surface area contributed by atoms with Gasteiger partial charge in [-0.1, -0.05) is 6.92 Å². The minimum Gasteiger partial charge on any atom is -0.490 e. The number of carbonyl (C=O) groups excluding carboxylic acids is 1. The fourth-order valence-corrected chi connectivity index (χ4v) is 2.32. The molecule has 1 aromatic rings. The number of rotatable bonds is 3. The summed E-state index contributed by atoms with van der Waals surface area (Å²) in [7, 11) is 1.37. The monoisotopic (exact) mass is 293 g/mol. The number of nitrogens with one attached hydrogen (secondary N) is 1. The van der Waals surface area contributed by atoms with Crippen LogP contribution in [0, 0.1) is 16.0 Å². The van der Waals surface area contributed by atoms with Crippen LogP contribution in [0.3, 0.4) is 0 Å². The Morgan fingerprint density at radius 3 is 2.67 bits per heavy atom. The molecule has 2 rings (SSSR count). The van der Waals surface area contributed by atoms with Crippen LogP contribution in [0.4, 0.5) is 16.2 Å². The Balaban J connectivity index is 2.07. The fraction of sp³-hybridized carbons (Fsp3) is 0.500. The molecule has 1 N–H and O–H groups in total. The van der Waals surface area contributed by atoms with Gasteiger partial charge in [0.25, 0.3) is 0 Å². The predicted molar refractivity (Wildman–Crippen MR) is 78.6 cm³/mol. The van der Waals surface area contributed by atoms with Gasteiger partial charge in [0.2, 0.25) is 0 Å². The lowest BCUT2D eigenvalue weighted by Crippen LogP contribution is -2.40. The number of urea groups is 1. The number of methoxy groups -OCH3 is 1. The largest absolute Gasteiger partial charge is 0.490 e. The maximum atomic E-state index is 12.1. The molecule has 0 unspecified atom stereocenters. The summed E-state index contributed by atoms with van der Waals surface area (Å²) in [5.41, 5.74) is 0.230. The number of amides is 2. The van der Waals surface area contributed by atoms with Crippen LogP contribution in [0.1, 0.15) is 19.8 Å². The molecule has 0 atom stereocenters. The van der Waals surface area contributed by atoms with E-state index in [4.69, 9.17) is 4.74 Å². The predicted octanol–water partition coefficient (Wildman–Crippen LogP) is 2.87. The molecule has 1 aliphatic rings. The molecule has 0 aromatic heterocycles. The van der Waals surface area contributed by atoms with E-state index < -0.39 is 4.92 Å². The fourth-order valence-electron chi connectivity index (χ4n) is 2.32. The van der Waals surface area contributed by atoms with Crippen molar-refractivity contribution in [3.05, 3.63) is 28.3 Å². The molecule has 0 spiro atoms. The number of benzene rings is 1. The second-order valence-electron chi connectivity index (χ2n) is 5.24. The van der Waals surface area contributed by atoms with Gasteiger partial charge in [-0.05, 0) is 30.9 Å². The first-order valence-corrected chi connectivity index (χ1v) is 6.89. The summed E-state index contributed by atoms with van der Waals surface area (Å²) in [4.78, 5) is 24.3. The molecule has 0 saturated carbocycles. The molecule has 21 heavy (non-hydrogen) atoms. The van der Waals surface area contributed by atoms with Gasteiger partial charge >= 0.3 is 11.7 Å². The van der Waals surface area contributed by atoms with Crippen LogP contribution >= 0.6 is 0 Å². The highest BCUT2D eigenvalue weighted by Crippen LogP contribution is 2.29. The first kappa shape index (κ1) is 15.1. The molecule has 0 bridgehead atoms. The zero-order valence-corrected chi connectivity index (χ0v) is 12.2. The lowest BCUT2D eigenvalue weighted by atomic mass is 10.00. The van der Waals surface area contributed by atoms with E-state index >= 15 is 0 Å². The Kier molecular flexibility index (Phi) is 4.62. The molecule has 2 amide bonds. The molecule has 1 fully saturated rings. The number of anilines is 1. The Morgan fingerprint density at radius 1 is 1.43 bits per heavy atom. The van der Waals surface area contributed by atoms with Gasteiger partial charge in [0.1, 0.15) is 0 Å². The smallest absolute Gasteiger partial charge is 0.321 e. The van der Waals surface area contributed by atoms with Crippen LogP contribution in [-0.2, 0) is 0 Å². The SMILES string of the molecule is COc1ccc(NC(=O)N2CCC(C)CC2)cc1[N+](=O)[O-]. The Morgan fingerprint density at radius 2 is 2.10 bits per heavy atom. The Hall–Kier alpha value is -2.31. The summed E-state index contributed by atoms with van der Waals surface area (Å²) in [6.45, 7) is 3.60. The van der Waals surface area contributed by atoms with Crippen LogP contribution in [-0.4, -0.2) is 36.1 Å². The summed E-state index contributed by atoms with van der Waals surface area (Å²) in [5, 5.41) is 13.7. The van der Waals surface area contributed by atoms with Crippen LogP contribution < -0.4 is 10.1 Å². The maximum absolute atomic E-state index is 12.1. The van der Waals surface area contributed by atoms with Gasteiger partial charge in [0.05, 0.1) is 12.0 Å². The van der Waals surface area contributed by atoms with Gasteiger partial charge in [-0.25, -0.2) is 4.79 Å². The van der Waals surface area contributed by atoms with Crippen LogP contribution in [0.15, 0.2) is 18.2 Å². The van der Waals surface area contributed by atoms with E-state index in [1.807, 2.05) is 0 Å². The highest BCUT2D eigenvalue weighted by Gasteiger charge is 2.21. The van der Waals surface area contributed by atoms with Crippen LogP contribution in [0.5, 0.6) is 5.75 Å². The van der Waals surface area contributed by atoms with E-state index in [9.17, 15) is 14.9 Å². The van der Waals surface area contributed by atoms with Crippen LogP contribution in [0.25, 0.3) is 0 Å². The van der Waals surface area contributed by atoms with E-state index in [0.717, 1.165) is 12.8 Å². The highest BCUT2D eigenvalue weighted by molar-refractivity contribution is 5.90. The first-order valence-electron chi connectivity index (χ1n) is 6.89. The highest BCUT2D eigenvalue weighted by atomic mass is 16.6. The van der Waals surface area contributed by atoms with Crippen molar-refractivity contribution in [2.45, 2.75) is 19.8 Å². The zero-order chi connectivity index (χ0) is 15.4. The number of carbonyl (C=O) groups is 1. The Labute approximate surface area is 123 Å². The summed E-state index contributed by atoms with van der Waals surface area (Å²) in [6.07, 6.45) is 1.96. The van der Waals surface area contributed by atoms with Crippen molar-refractivity contribution in [1.29, 1.82) is 0 Å². The van der Waals surface area contributed by atoms with Gasteiger partial charge in [-0.15, -0.1) is 0 Å². The third-order valence-electron chi connectivity index (χ3n) is 3.70. The minimum atomic E-state index is -0.531. The molecule has 7 nitrogen and oxygen atoms in total. The second kappa shape index (κ2) is 6.43. The zero-order valence-electron chi connectivity index (χ0n) is 12.2. The van der Waals surface area contributed by atoms with Gasteiger partial charge < -0.3 is 15.0 Å². The molecule has 0 radical (unpaired) electrons. The van der Waals surface area contributed by atoms with E-state index in [-0.39, 0.29) is 17.5 Å². The van der Waals surface area contributed by atoms with E-state index in [1.54, 1.807) is 11.0 Å². The molecule has 1 saturated heterocycles. The number of nitrogens with zero attached hydrogens (tertiary/aromatic N) is 2. The van der Waals surface area contributed by atoms with Gasteiger partial charge in [0.15, 0.2) is 5.75 Å². The molecule has 114 valence electrons. The standard InChI is InChI=1S/C14H19N3O4/c1-10-5-7-16(8-6-10)14(18)15-11-3-4-13(21-2)12(9-11)17(19)20/h3-4,9-10H,5-8H2,1-2H3,(H,15,18). The summed E-state index contributed by atoms with van der Waals surface area (Å²) >= 11 is 0. The summed E-state index contributed by atoms with van der Waals surface area (Å²) in [6, 6.07) is 4.16. The van der Waals surface area contributed by atoms with Crippen molar-refractivity contribution in [1.82, 2.24) is 4.90 Å². The lowest BCUT2D eigenvalue weighted by Gasteiger charge is -2.30. The molecular formula is C14H19N3O4. The maximum Gasteiger partial charge on any atom is 0.321 e. The Bertz CT molecular complexity index is 539. The van der Waals surface area contributed by atoms with Gasteiger partial charge in [-0.3, -0.25) is 10.1 Å². The number of hydrogen-bond acceptors (Lipinski definition) is 4. The van der Waals surface area contributed by atoms with E-state index in [0.29, 0.717) is 24.7 Å². The summed E-state index contributed by atoms with van der Waals surface area (Å²) < 4.78 is 4.93. The molecular weight excluding hydrogens is 274 g/mol. The molecule has 1 heterocycles. The van der Waals surface area contributed by atoms with E-state index in [1.165, 1.54) is 19.2 Å². The molecule has 7 heteroatoms. The third kappa shape index (κ3) is 3.62. The van der Waals surface area contributed by atoms with Crippen molar-refractivity contribution < 1.29 is 14.5 Å². The first-order chi connectivity index (χ1) is 10.0. The summed E-state index contributed by atoms with van der Waals surface area (Å²) in [5.74, 6) is 0.806. The normalized spacial score (nSPS) is 15.6. The number of nitro benzene ring substituents is 1. The third-order valence-corrected chi connectivity index (χ3v) is 3.70. The van der Waals surface area contributed by atoms with Crippen molar-refractivity contribution in [3.63, 3.8) is 0 Å². The lowest BCUT2D eigenvalue weighted by molar-refractivity contribution is -0.385. The molecule has 1 aliphatic heterocycles. The van der Waals surface area contributed by atoms with Crippen molar-refractivity contribution >= 4 is 17.4 Å². The number of likely N-dealkylation sites (tertiary alicyclic amines) is 1. The number of piperidine rings is 1. The topological polar surface area (TPSA) is 84.7 Å². The van der Waals surface area contributed by atoms with Crippen LogP contribution in [0.2, 0.25) is 0 Å². The van der Waals surface area contributed by atoms with Gasteiger partial charge in [0, 0.05) is 24.8 Å². The van der Waals surface area contributed by atoms with Crippen molar-refractivity contribution in [2.75, 3.05) is 25.5 Å². The minimum absolute atomic E-state index is 0.164. The molecule has 0 aliphatic carbocycles. The molecule has 1 aromatic carbocycles. The number of nitro groups is 1. The second-order valence-corrected chi connectivity index (χ2v) is 5.24. The average Bonchev–Trinajstić information content (AvgIpc) is 2.47.